The van der Waals surface area contributed by atoms with E-state index in [4.69, 9.17) is 16.3 Å². The number of ether oxygens (including phenoxy) is 1. The monoisotopic (exact) mass is 305 g/mol. The first kappa shape index (κ1) is 14.0. The smallest absolute Gasteiger partial charge is 0.0662 e. The van der Waals surface area contributed by atoms with E-state index in [0.29, 0.717) is 0 Å². The second-order valence-electron chi connectivity index (χ2n) is 4.68. The highest BCUT2D eigenvalue weighted by molar-refractivity contribution is 7.99. The van der Waals surface area contributed by atoms with E-state index in [1.165, 1.54) is 15.4 Å². The average molecular weight is 306 g/mol. The molecular weight excluding hydrogens is 290 g/mol. The number of hydrogen-bond donors (Lipinski definition) is 1. The summed E-state index contributed by atoms with van der Waals surface area (Å²) in [7, 11) is 0. The van der Waals surface area contributed by atoms with Gasteiger partial charge in [0.1, 0.15) is 0 Å². The Labute approximate surface area is 128 Å². The van der Waals surface area contributed by atoms with Gasteiger partial charge in [0.05, 0.1) is 19.3 Å². The molecule has 1 heterocycles. The fourth-order valence-corrected chi connectivity index (χ4v) is 3.38. The van der Waals surface area contributed by atoms with Gasteiger partial charge in [-0.05, 0) is 35.9 Å². The number of hydrogen-bond acceptors (Lipinski definition) is 3. The molecule has 1 aliphatic rings. The highest BCUT2D eigenvalue weighted by Gasteiger charge is 2.18. The second-order valence-corrected chi connectivity index (χ2v) is 6.23. The van der Waals surface area contributed by atoms with Gasteiger partial charge in [-0.25, -0.2) is 0 Å². The zero-order valence-electron chi connectivity index (χ0n) is 11.0. The van der Waals surface area contributed by atoms with Crippen molar-refractivity contribution < 1.29 is 4.74 Å². The van der Waals surface area contributed by atoms with E-state index in [2.05, 4.69) is 41.7 Å². The predicted molar refractivity (Wildman–Crippen MR) is 83.6 cm³/mol. The van der Waals surface area contributed by atoms with Crippen molar-refractivity contribution in [1.29, 1.82) is 0 Å². The summed E-state index contributed by atoms with van der Waals surface area (Å²) in [6.45, 7) is 2.44. The summed E-state index contributed by atoms with van der Waals surface area (Å²) in [6, 6.07) is 16.7. The highest BCUT2D eigenvalue weighted by Crippen LogP contribution is 2.34. The van der Waals surface area contributed by atoms with E-state index < -0.39 is 0 Å². The topological polar surface area (TPSA) is 21.3 Å². The third-order valence-electron chi connectivity index (χ3n) is 3.26. The van der Waals surface area contributed by atoms with Crippen molar-refractivity contribution in [3.05, 3.63) is 59.1 Å². The first-order valence-corrected chi connectivity index (χ1v) is 7.86. The van der Waals surface area contributed by atoms with Crippen LogP contribution in [0.3, 0.4) is 0 Å². The Bertz CT molecular complexity index is 567. The van der Waals surface area contributed by atoms with E-state index in [9.17, 15) is 0 Å². The number of rotatable bonds is 3. The maximum atomic E-state index is 5.93. The van der Waals surface area contributed by atoms with Gasteiger partial charge in [0.25, 0.3) is 0 Å². The summed E-state index contributed by atoms with van der Waals surface area (Å²) in [5, 5.41) is 4.28. The maximum Gasteiger partial charge on any atom is 0.0662 e. The van der Waals surface area contributed by atoms with Crippen LogP contribution in [-0.4, -0.2) is 19.8 Å². The van der Waals surface area contributed by atoms with Crippen molar-refractivity contribution in [2.45, 2.75) is 15.8 Å². The molecule has 2 aromatic rings. The highest BCUT2D eigenvalue weighted by atomic mass is 35.5. The number of halogens is 1. The molecule has 0 bridgehead atoms. The lowest BCUT2D eigenvalue weighted by Crippen LogP contribution is -2.34. The van der Waals surface area contributed by atoms with Gasteiger partial charge in [-0.3, -0.25) is 0 Å². The first-order chi connectivity index (χ1) is 9.83. The van der Waals surface area contributed by atoms with Gasteiger partial charge in [-0.1, -0.05) is 41.6 Å². The lowest BCUT2D eigenvalue weighted by atomic mass is 10.1. The molecule has 2 aromatic carbocycles. The Morgan fingerprint density at radius 2 is 1.90 bits per heavy atom. The normalized spacial score (nSPS) is 18.9. The van der Waals surface area contributed by atoms with Crippen molar-refractivity contribution in [2.24, 2.45) is 0 Å². The fourth-order valence-electron chi connectivity index (χ4n) is 2.26. The van der Waals surface area contributed by atoms with Crippen molar-refractivity contribution in [2.75, 3.05) is 19.8 Å². The van der Waals surface area contributed by atoms with Crippen LogP contribution < -0.4 is 5.32 Å². The van der Waals surface area contributed by atoms with Crippen LogP contribution in [0.5, 0.6) is 0 Å². The molecule has 0 saturated carbocycles. The molecule has 3 rings (SSSR count). The van der Waals surface area contributed by atoms with Crippen LogP contribution in [0.2, 0.25) is 5.02 Å². The lowest BCUT2D eigenvalue weighted by Gasteiger charge is -2.25. The van der Waals surface area contributed by atoms with Crippen LogP contribution in [0, 0.1) is 0 Å². The Morgan fingerprint density at radius 3 is 2.65 bits per heavy atom. The summed E-state index contributed by atoms with van der Waals surface area (Å²) < 4.78 is 5.57. The molecule has 0 radical (unpaired) electrons. The number of benzene rings is 2. The minimum Gasteiger partial charge on any atom is -0.378 e. The minimum absolute atomic E-state index is 0.278. The van der Waals surface area contributed by atoms with Crippen molar-refractivity contribution in [1.82, 2.24) is 5.32 Å². The molecule has 104 valence electrons. The van der Waals surface area contributed by atoms with Crippen LogP contribution in [0.1, 0.15) is 11.6 Å². The number of nitrogens with one attached hydrogen (secondary N) is 1. The molecule has 0 spiro atoms. The lowest BCUT2D eigenvalue weighted by molar-refractivity contribution is 0.0761. The molecule has 0 unspecified atom stereocenters. The van der Waals surface area contributed by atoms with E-state index in [1.807, 2.05) is 12.1 Å². The van der Waals surface area contributed by atoms with Crippen molar-refractivity contribution in [3.63, 3.8) is 0 Å². The third-order valence-corrected chi connectivity index (χ3v) is 4.61. The molecule has 1 aliphatic heterocycles. The summed E-state index contributed by atoms with van der Waals surface area (Å²) >= 11 is 7.69. The van der Waals surface area contributed by atoms with Crippen LogP contribution >= 0.6 is 23.4 Å². The van der Waals surface area contributed by atoms with Crippen molar-refractivity contribution in [3.8, 4) is 0 Å². The van der Waals surface area contributed by atoms with Gasteiger partial charge in [0, 0.05) is 21.4 Å². The molecular formula is C16H16ClNOS. The quantitative estimate of drug-likeness (QED) is 0.920. The molecule has 2 nitrogen and oxygen atoms in total. The van der Waals surface area contributed by atoms with Gasteiger partial charge in [-0.2, -0.15) is 0 Å². The van der Waals surface area contributed by atoms with Gasteiger partial charge in [0.15, 0.2) is 0 Å². The SMILES string of the molecule is Clc1ccc(Sc2ccccc2[C@H]2COCCN2)cc1. The molecule has 1 fully saturated rings. The third kappa shape index (κ3) is 3.36. The predicted octanol–water partition coefficient (Wildman–Crippen LogP) is 4.15. The zero-order valence-corrected chi connectivity index (χ0v) is 12.6. The van der Waals surface area contributed by atoms with Crippen LogP contribution in [-0.2, 0) is 4.74 Å². The average Bonchev–Trinajstić information content (AvgIpc) is 2.51. The maximum absolute atomic E-state index is 5.93. The molecule has 1 saturated heterocycles. The zero-order chi connectivity index (χ0) is 13.8. The van der Waals surface area contributed by atoms with E-state index >= 15 is 0 Å². The van der Waals surface area contributed by atoms with Gasteiger partial charge in [-0.15, -0.1) is 0 Å². The largest absolute Gasteiger partial charge is 0.378 e. The Kier molecular flexibility index (Phi) is 4.63. The van der Waals surface area contributed by atoms with E-state index in [0.717, 1.165) is 24.8 Å². The molecule has 0 aromatic heterocycles. The first-order valence-electron chi connectivity index (χ1n) is 6.66. The Hall–Kier alpha value is -1.00. The van der Waals surface area contributed by atoms with Gasteiger partial charge >= 0.3 is 0 Å². The summed E-state index contributed by atoms with van der Waals surface area (Å²) in [6.07, 6.45) is 0. The molecule has 0 aliphatic carbocycles. The summed E-state index contributed by atoms with van der Waals surface area (Å²) in [5.41, 5.74) is 1.30. The van der Waals surface area contributed by atoms with Crippen LogP contribution in [0.15, 0.2) is 58.3 Å². The van der Waals surface area contributed by atoms with Crippen molar-refractivity contribution >= 4 is 23.4 Å². The Balaban J connectivity index is 1.83. The summed E-state index contributed by atoms with van der Waals surface area (Å²) in [5.74, 6) is 0. The minimum atomic E-state index is 0.278. The molecule has 1 N–H and O–H groups in total. The van der Waals surface area contributed by atoms with E-state index in [1.54, 1.807) is 11.8 Å². The van der Waals surface area contributed by atoms with Crippen LogP contribution in [0.25, 0.3) is 0 Å². The number of morpholine rings is 1. The standard InChI is InChI=1S/C16H16ClNOS/c17-12-5-7-13(8-6-12)20-16-4-2-1-3-14(16)15-11-19-10-9-18-15/h1-8,15,18H,9-11H2/t15-/m1/s1. The molecule has 20 heavy (non-hydrogen) atoms. The van der Waals surface area contributed by atoms with Gasteiger partial charge in [0.2, 0.25) is 0 Å². The second kappa shape index (κ2) is 6.64. The Morgan fingerprint density at radius 1 is 1.10 bits per heavy atom. The summed E-state index contributed by atoms with van der Waals surface area (Å²) in [4.78, 5) is 2.46. The fraction of sp³-hybridized carbons (Fsp3) is 0.250. The molecule has 0 amide bonds. The molecule has 4 heteroatoms. The van der Waals surface area contributed by atoms with Gasteiger partial charge < -0.3 is 10.1 Å². The molecule has 1 atom stereocenters. The van der Waals surface area contributed by atoms with E-state index in [-0.39, 0.29) is 6.04 Å². The van der Waals surface area contributed by atoms with Crippen LogP contribution in [0.4, 0.5) is 0 Å².